The minimum absolute atomic E-state index is 0.155. The highest BCUT2D eigenvalue weighted by molar-refractivity contribution is 5.95. The lowest BCUT2D eigenvalue weighted by Gasteiger charge is -2.27. The summed E-state index contributed by atoms with van der Waals surface area (Å²) in [4.78, 5) is 2.95. The van der Waals surface area contributed by atoms with Crippen LogP contribution in [0.4, 0.5) is 45.3 Å². The van der Waals surface area contributed by atoms with Crippen molar-refractivity contribution in [2.24, 2.45) is 11.0 Å². The topological polar surface area (TPSA) is 69.0 Å². The van der Waals surface area contributed by atoms with Gasteiger partial charge in [0.05, 0.1) is 5.92 Å². The highest BCUT2D eigenvalue weighted by atomic mass is 19.4. The number of rotatable bonds is 2. The van der Waals surface area contributed by atoms with E-state index in [4.69, 9.17) is 5.11 Å². The average Bonchev–Trinajstić information content (AvgIpc) is 2.82. The molecule has 1 aliphatic heterocycles. The molecule has 1 aromatic rings. The van der Waals surface area contributed by atoms with Crippen LogP contribution in [0.25, 0.3) is 0 Å². The van der Waals surface area contributed by atoms with E-state index >= 15 is 0 Å². The maximum absolute atomic E-state index is 12.9. The van der Waals surface area contributed by atoms with Crippen molar-refractivity contribution < 1.29 is 49.7 Å². The maximum atomic E-state index is 12.9. The summed E-state index contributed by atoms with van der Waals surface area (Å²) in [5.74, 6) is -3.97. The van der Waals surface area contributed by atoms with E-state index in [1.807, 2.05) is 0 Å². The number of hydrazone groups is 1. The van der Waals surface area contributed by atoms with Gasteiger partial charge in [-0.3, -0.25) is 0 Å². The minimum Gasteiger partial charge on any atom is -0.383 e. The molecule has 2 N–H and O–H groups in total. The first-order valence-corrected chi connectivity index (χ1v) is 6.56. The van der Waals surface area contributed by atoms with Gasteiger partial charge < -0.3 is 10.2 Å². The van der Waals surface area contributed by atoms with Crippen LogP contribution in [0.3, 0.4) is 0 Å². The zero-order valence-electron chi connectivity index (χ0n) is 12.1. The molecule has 0 spiro atoms. The number of aromatic nitrogens is 1. The lowest BCUT2D eigenvalue weighted by Crippen LogP contribution is -2.49. The van der Waals surface area contributed by atoms with E-state index in [-0.39, 0.29) is 5.01 Å². The van der Waals surface area contributed by atoms with Crippen LogP contribution in [0.5, 0.6) is 0 Å². The van der Waals surface area contributed by atoms with Gasteiger partial charge in [-0.1, -0.05) is 6.07 Å². The maximum Gasteiger partial charge on any atom is 0.433 e. The Morgan fingerprint density at radius 3 is 2.00 bits per heavy atom. The molecule has 5 nitrogen and oxygen atoms in total. The second-order valence-corrected chi connectivity index (χ2v) is 5.13. The van der Waals surface area contributed by atoms with Gasteiger partial charge in [-0.2, -0.15) is 44.6 Å². The van der Waals surface area contributed by atoms with Gasteiger partial charge in [0.1, 0.15) is 5.69 Å². The molecule has 1 aliphatic rings. The second-order valence-electron chi connectivity index (χ2n) is 5.13. The Bertz CT molecular complexity index is 698. The predicted octanol–water partition coefficient (Wildman–Crippen LogP) is 2.70. The Kier molecular flexibility index (Phi) is 4.87. The average molecular weight is 397 g/mol. The van der Waals surface area contributed by atoms with E-state index < -0.39 is 54.0 Å². The van der Waals surface area contributed by atoms with Gasteiger partial charge in [0.2, 0.25) is 0 Å². The van der Waals surface area contributed by atoms with Crippen LogP contribution in [-0.4, -0.2) is 45.6 Å². The summed E-state index contributed by atoms with van der Waals surface area (Å²) < 4.78 is 115. The summed E-state index contributed by atoms with van der Waals surface area (Å²) in [6.45, 7) is 0. The molecule has 0 amide bonds. The van der Waals surface area contributed by atoms with E-state index in [0.29, 0.717) is 18.2 Å². The number of anilines is 1. The minimum atomic E-state index is -5.55. The molecular formula is C12H8F9N3O2. The van der Waals surface area contributed by atoms with E-state index in [2.05, 4.69) is 10.1 Å². The Morgan fingerprint density at radius 2 is 1.54 bits per heavy atom. The Labute approximate surface area is 138 Å². The van der Waals surface area contributed by atoms with Crippen molar-refractivity contribution in [3.8, 4) is 0 Å². The second kappa shape index (κ2) is 6.26. The number of halogens is 9. The highest BCUT2D eigenvalue weighted by Crippen LogP contribution is 2.40. The molecule has 14 heteroatoms. The molecule has 1 aromatic heterocycles. The zero-order valence-corrected chi connectivity index (χ0v) is 12.1. The van der Waals surface area contributed by atoms with Gasteiger partial charge in [0.15, 0.2) is 23.9 Å². The summed E-state index contributed by atoms with van der Waals surface area (Å²) in [6, 6.07) is 1.88. The fourth-order valence-electron chi connectivity index (χ4n) is 2.19. The molecule has 0 fully saturated rings. The lowest BCUT2D eigenvalue weighted by molar-refractivity contribution is -0.221. The van der Waals surface area contributed by atoms with Crippen LogP contribution in [0.15, 0.2) is 23.3 Å². The van der Waals surface area contributed by atoms with Crippen LogP contribution in [0, 0.1) is 5.92 Å². The first-order chi connectivity index (χ1) is 11.6. The summed E-state index contributed by atoms with van der Waals surface area (Å²) >= 11 is 0. The Balaban J connectivity index is 2.50. The number of pyridine rings is 1. The van der Waals surface area contributed by atoms with Crippen molar-refractivity contribution in [1.29, 1.82) is 0 Å². The third kappa shape index (κ3) is 3.85. The van der Waals surface area contributed by atoms with Crippen LogP contribution in [0.1, 0.15) is 5.69 Å². The van der Waals surface area contributed by atoms with E-state index in [1.54, 1.807) is 0 Å². The predicted molar refractivity (Wildman–Crippen MR) is 66.8 cm³/mol. The van der Waals surface area contributed by atoms with Gasteiger partial charge in [-0.25, -0.2) is 9.99 Å². The van der Waals surface area contributed by atoms with Gasteiger partial charge in [0, 0.05) is 0 Å². The summed E-state index contributed by atoms with van der Waals surface area (Å²) in [5.41, 5.74) is -3.76. The van der Waals surface area contributed by atoms with Gasteiger partial charge in [-0.15, -0.1) is 0 Å². The Hall–Kier alpha value is -2.09. The zero-order chi connectivity index (χ0) is 20.1. The van der Waals surface area contributed by atoms with Crippen molar-refractivity contribution in [3.05, 3.63) is 23.9 Å². The van der Waals surface area contributed by atoms with Crippen molar-refractivity contribution in [3.63, 3.8) is 0 Å². The molecule has 0 bridgehead atoms. The standard InChI is InChI=1S/C12H8F9N3O2/c13-10(14,15)4-2-1-3-5(22-4)24-9(26)6(8(25)12(19,20)21)7(23-24)11(16,17)18/h1-3,6,8-9,25-26H. The van der Waals surface area contributed by atoms with Gasteiger partial charge in [-0.05, 0) is 12.1 Å². The van der Waals surface area contributed by atoms with Gasteiger partial charge in [0.25, 0.3) is 0 Å². The number of aliphatic hydroxyl groups excluding tert-OH is 2. The summed E-state index contributed by atoms with van der Waals surface area (Å²) in [5, 5.41) is 21.5. The summed E-state index contributed by atoms with van der Waals surface area (Å²) in [7, 11) is 0. The van der Waals surface area contributed by atoms with E-state index in [0.717, 1.165) is 0 Å². The van der Waals surface area contributed by atoms with Gasteiger partial charge >= 0.3 is 18.5 Å². The molecule has 0 aromatic carbocycles. The molecule has 3 unspecified atom stereocenters. The fourth-order valence-corrected chi connectivity index (χ4v) is 2.19. The Morgan fingerprint density at radius 1 is 0.962 bits per heavy atom. The molecule has 0 radical (unpaired) electrons. The highest BCUT2D eigenvalue weighted by Gasteiger charge is 2.59. The molecular weight excluding hydrogens is 389 g/mol. The lowest BCUT2D eigenvalue weighted by atomic mass is 9.94. The van der Waals surface area contributed by atoms with Crippen LogP contribution in [0.2, 0.25) is 0 Å². The number of hydrogen-bond acceptors (Lipinski definition) is 5. The molecule has 26 heavy (non-hydrogen) atoms. The number of nitrogens with zero attached hydrogens (tertiary/aromatic N) is 3. The number of aliphatic hydroxyl groups is 2. The first kappa shape index (κ1) is 20.2. The van der Waals surface area contributed by atoms with Crippen LogP contribution in [-0.2, 0) is 6.18 Å². The molecule has 0 saturated heterocycles. The van der Waals surface area contributed by atoms with Crippen molar-refractivity contribution >= 4 is 11.5 Å². The molecule has 2 heterocycles. The van der Waals surface area contributed by atoms with Crippen LogP contribution < -0.4 is 5.01 Å². The largest absolute Gasteiger partial charge is 0.433 e. The SMILES string of the molecule is OC1C(C(O)C(F)(F)F)C(C(F)(F)F)=NN1c1cccc(C(F)(F)F)n1. The van der Waals surface area contributed by atoms with Crippen molar-refractivity contribution in [2.75, 3.05) is 5.01 Å². The van der Waals surface area contributed by atoms with Crippen molar-refractivity contribution in [2.45, 2.75) is 30.9 Å². The molecule has 0 aliphatic carbocycles. The van der Waals surface area contributed by atoms with Crippen molar-refractivity contribution in [1.82, 2.24) is 4.98 Å². The quantitative estimate of drug-likeness (QED) is 0.754. The smallest absolute Gasteiger partial charge is 0.383 e. The van der Waals surface area contributed by atoms with E-state index in [1.165, 1.54) is 0 Å². The number of hydrogen-bond donors (Lipinski definition) is 2. The first-order valence-electron chi connectivity index (χ1n) is 6.56. The third-order valence-corrected chi connectivity index (χ3v) is 3.33. The molecule has 146 valence electrons. The molecule has 2 rings (SSSR count). The normalized spacial score (nSPS) is 23.2. The summed E-state index contributed by atoms with van der Waals surface area (Å²) in [6.07, 6.45) is -22.4. The number of alkyl halides is 9. The van der Waals surface area contributed by atoms with Crippen LogP contribution >= 0.6 is 0 Å². The molecule has 0 saturated carbocycles. The molecule has 3 atom stereocenters. The van der Waals surface area contributed by atoms with E-state index in [9.17, 15) is 44.6 Å². The monoisotopic (exact) mass is 397 g/mol. The fraction of sp³-hybridized carbons (Fsp3) is 0.500. The third-order valence-electron chi connectivity index (χ3n) is 3.33.